The number of hydrogen-bond donors (Lipinski definition) is 0. The van der Waals surface area contributed by atoms with Gasteiger partial charge in [0.1, 0.15) is 0 Å². The fraction of sp³-hybridized carbons (Fsp3) is 1.00. The molecule has 0 aliphatic carbocycles. The van der Waals surface area contributed by atoms with Gasteiger partial charge >= 0.3 is 0 Å². The molecule has 0 aromatic rings. The number of hydrogen-bond acceptors (Lipinski definition) is 2. The summed E-state index contributed by atoms with van der Waals surface area (Å²) in [5.74, 6) is 0. The molecule has 2 heteroatoms. The predicted octanol–water partition coefficient (Wildman–Crippen LogP) is 3.27. The van der Waals surface area contributed by atoms with E-state index < -0.39 is 0 Å². The maximum absolute atomic E-state index is 4.81. The van der Waals surface area contributed by atoms with E-state index in [0.717, 1.165) is 13.2 Å². The van der Waals surface area contributed by atoms with Gasteiger partial charge in [-0.1, -0.05) is 41.5 Å². The molecule has 0 unspecified atom stereocenters. The molecule has 0 amide bonds. The number of rotatable bonds is 3. The van der Waals surface area contributed by atoms with Crippen LogP contribution < -0.4 is 0 Å². The zero-order valence-electron chi connectivity index (χ0n) is 11.3. The van der Waals surface area contributed by atoms with Crippen LogP contribution in [0.1, 0.15) is 41.5 Å². The van der Waals surface area contributed by atoms with Crippen LogP contribution >= 0.6 is 0 Å². The van der Waals surface area contributed by atoms with Crippen molar-refractivity contribution in [3.05, 3.63) is 0 Å². The molecule has 0 fully saturated rings. The molecule has 0 aliphatic rings. The van der Waals surface area contributed by atoms with Crippen molar-refractivity contribution in [3.63, 3.8) is 0 Å². The molecular weight excluding hydrogens is 162 g/mol. The first kappa shape index (κ1) is 23.1. The smallest absolute Gasteiger partial charge is 0.0589 e. The van der Waals surface area contributed by atoms with Crippen molar-refractivity contribution in [3.8, 4) is 0 Å². The molecule has 0 N–H and O–H groups in total. The van der Waals surface area contributed by atoms with Gasteiger partial charge in [-0.05, 0) is 14.1 Å². The van der Waals surface area contributed by atoms with Crippen LogP contribution in [0.4, 0.5) is 0 Å². The van der Waals surface area contributed by atoms with Gasteiger partial charge in [0.15, 0.2) is 0 Å². The van der Waals surface area contributed by atoms with Gasteiger partial charge in [-0.15, -0.1) is 0 Å². The molecule has 0 bridgehead atoms. The molecule has 13 heavy (non-hydrogen) atoms. The van der Waals surface area contributed by atoms with Crippen LogP contribution in [0.25, 0.3) is 0 Å². The second-order valence-electron chi connectivity index (χ2n) is 1.80. The van der Waals surface area contributed by atoms with E-state index in [2.05, 4.69) is 4.90 Å². The lowest BCUT2D eigenvalue weighted by atomic mass is 10.6. The van der Waals surface area contributed by atoms with E-state index in [1.807, 2.05) is 55.6 Å². The fourth-order valence-corrected chi connectivity index (χ4v) is 0.274. The van der Waals surface area contributed by atoms with Crippen molar-refractivity contribution in [2.75, 3.05) is 34.4 Å². The standard InChI is InChI=1S/C5H13NO.3C2H6/c1-6(2)4-5-7-3;3*1-2/h4-5H2,1-3H3;3*1-2H3. The summed E-state index contributed by atoms with van der Waals surface area (Å²) in [7, 11) is 5.77. The first-order chi connectivity index (χ1) is 6.27. The van der Waals surface area contributed by atoms with Gasteiger partial charge in [0.25, 0.3) is 0 Å². The van der Waals surface area contributed by atoms with Crippen LogP contribution in [0.15, 0.2) is 0 Å². The second-order valence-corrected chi connectivity index (χ2v) is 1.80. The van der Waals surface area contributed by atoms with Gasteiger partial charge < -0.3 is 9.64 Å². The van der Waals surface area contributed by atoms with Crippen LogP contribution in [0.3, 0.4) is 0 Å². The van der Waals surface area contributed by atoms with Gasteiger partial charge in [-0.2, -0.15) is 0 Å². The number of likely N-dealkylation sites (N-methyl/N-ethyl adjacent to an activating group) is 1. The predicted molar refractivity (Wildman–Crippen MR) is 64.5 cm³/mol. The van der Waals surface area contributed by atoms with E-state index in [-0.39, 0.29) is 0 Å². The van der Waals surface area contributed by atoms with Gasteiger partial charge in [0.2, 0.25) is 0 Å². The van der Waals surface area contributed by atoms with Crippen molar-refractivity contribution >= 4 is 0 Å². The first-order valence-corrected chi connectivity index (χ1v) is 5.41. The van der Waals surface area contributed by atoms with E-state index in [9.17, 15) is 0 Å². The average Bonchev–Trinajstić information content (AvgIpc) is 2.24. The van der Waals surface area contributed by atoms with Crippen molar-refractivity contribution in [1.82, 2.24) is 4.90 Å². The quantitative estimate of drug-likeness (QED) is 0.682. The van der Waals surface area contributed by atoms with Crippen LogP contribution in [-0.4, -0.2) is 39.3 Å². The maximum atomic E-state index is 4.81. The number of methoxy groups -OCH3 is 1. The Morgan fingerprint density at radius 3 is 1.23 bits per heavy atom. The third kappa shape index (κ3) is 76.3. The largest absolute Gasteiger partial charge is 0.383 e. The summed E-state index contributed by atoms with van der Waals surface area (Å²) >= 11 is 0. The molecule has 0 radical (unpaired) electrons. The molecule has 0 aliphatic heterocycles. The average molecular weight is 193 g/mol. The molecule has 0 heterocycles. The number of ether oxygens (including phenoxy) is 1. The lowest BCUT2D eigenvalue weighted by molar-refractivity contribution is 0.172. The van der Waals surface area contributed by atoms with E-state index in [1.165, 1.54) is 0 Å². The number of nitrogens with zero attached hydrogens (tertiary/aromatic N) is 1. The summed E-state index contributed by atoms with van der Waals surface area (Å²) in [6, 6.07) is 0. The molecule has 0 saturated carbocycles. The summed E-state index contributed by atoms with van der Waals surface area (Å²) < 4.78 is 4.81. The minimum absolute atomic E-state index is 0.826. The Hall–Kier alpha value is -0.0800. The molecule has 86 valence electrons. The molecular formula is C11H31NO. The van der Waals surface area contributed by atoms with E-state index in [0.29, 0.717) is 0 Å². The Balaban J connectivity index is -0.0000000573. The zero-order chi connectivity index (χ0) is 11.7. The van der Waals surface area contributed by atoms with Crippen LogP contribution in [0.5, 0.6) is 0 Å². The minimum atomic E-state index is 0.826. The lowest BCUT2D eigenvalue weighted by Gasteiger charge is -2.06. The third-order valence-electron chi connectivity index (χ3n) is 0.743. The van der Waals surface area contributed by atoms with E-state index >= 15 is 0 Å². The highest BCUT2D eigenvalue weighted by Gasteiger charge is 1.83. The van der Waals surface area contributed by atoms with E-state index in [4.69, 9.17) is 4.74 Å². The van der Waals surface area contributed by atoms with Crippen LogP contribution in [0, 0.1) is 0 Å². The molecule has 0 aromatic heterocycles. The van der Waals surface area contributed by atoms with Crippen LogP contribution in [-0.2, 0) is 4.74 Å². The molecule has 0 atom stereocenters. The van der Waals surface area contributed by atoms with E-state index in [1.54, 1.807) is 7.11 Å². The highest BCUT2D eigenvalue weighted by atomic mass is 16.5. The van der Waals surface area contributed by atoms with Gasteiger partial charge in [-0.25, -0.2) is 0 Å². The summed E-state index contributed by atoms with van der Waals surface area (Å²) in [5.41, 5.74) is 0. The van der Waals surface area contributed by atoms with Gasteiger partial charge in [0, 0.05) is 13.7 Å². The third-order valence-corrected chi connectivity index (χ3v) is 0.743. The Bertz CT molecular complexity index is 39.1. The van der Waals surface area contributed by atoms with Crippen LogP contribution in [0.2, 0.25) is 0 Å². The normalized spacial score (nSPS) is 6.92. The van der Waals surface area contributed by atoms with Crippen molar-refractivity contribution in [2.45, 2.75) is 41.5 Å². The second kappa shape index (κ2) is 40.6. The highest BCUT2D eigenvalue weighted by Crippen LogP contribution is 1.71. The SMILES string of the molecule is CC.CC.CC.COCCN(C)C. The molecule has 0 rings (SSSR count). The maximum Gasteiger partial charge on any atom is 0.0589 e. The summed E-state index contributed by atoms with van der Waals surface area (Å²) in [6.07, 6.45) is 0. The Morgan fingerprint density at radius 1 is 0.846 bits per heavy atom. The summed E-state index contributed by atoms with van der Waals surface area (Å²) in [5, 5.41) is 0. The van der Waals surface area contributed by atoms with Crippen molar-refractivity contribution < 1.29 is 4.74 Å². The minimum Gasteiger partial charge on any atom is -0.383 e. The zero-order valence-corrected chi connectivity index (χ0v) is 11.3. The first-order valence-electron chi connectivity index (χ1n) is 5.41. The summed E-state index contributed by atoms with van der Waals surface area (Å²) in [4.78, 5) is 2.09. The van der Waals surface area contributed by atoms with Crippen molar-refractivity contribution in [1.29, 1.82) is 0 Å². The molecule has 0 spiro atoms. The summed E-state index contributed by atoms with van der Waals surface area (Å²) in [6.45, 7) is 13.8. The van der Waals surface area contributed by atoms with Gasteiger partial charge in [-0.3, -0.25) is 0 Å². The fourth-order valence-electron chi connectivity index (χ4n) is 0.274. The Labute approximate surface area is 86.3 Å². The monoisotopic (exact) mass is 193 g/mol. The molecule has 0 saturated heterocycles. The van der Waals surface area contributed by atoms with Crippen molar-refractivity contribution in [2.24, 2.45) is 0 Å². The molecule has 0 aromatic carbocycles. The lowest BCUT2D eigenvalue weighted by Crippen LogP contribution is -2.16. The Kier molecular flexibility index (Phi) is 72.0. The van der Waals surface area contributed by atoms with Gasteiger partial charge in [0.05, 0.1) is 6.61 Å². The topological polar surface area (TPSA) is 12.5 Å². The molecule has 2 nitrogen and oxygen atoms in total. The Morgan fingerprint density at radius 2 is 1.15 bits per heavy atom. The highest BCUT2D eigenvalue weighted by molar-refractivity contribution is 4.36.